The molecule has 0 spiro atoms. The fourth-order valence-electron chi connectivity index (χ4n) is 0.810. The second-order valence-electron chi connectivity index (χ2n) is 2.23. The van der Waals surface area contributed by atoms with Crippen LogP contribution >= 0.6 is 0 Å². The molecule has 0 saturated carbocycles. The Balaban J connectivity index is 2.69. The molecule has 0 bridgehead atoms. The molecule has 0 unspecified atom stereocenters. The summed E-state index contributed by atoms with van der Waals surface area (Å²) < 4.78 is 0. The number of rotatable bonds is 0. The van der Waals surface area contributed by atoms with Gasteiger partial charge in [-0.2, -0.15) is 0 Å². The van der Waals surface area contributed by atoms with Crippen LogP contribution < -0.4 is 11.5 Å². The molecule has 0 aromatic rings. The van der Waals surface area contributed by atoms with Crippen molar-refractivity contribution >= 4 is 5.78 Å². The summed E-state index contributed by atoms with van der Waals surface area (Å²) in [7, 11) is 0. The van der Waals surface area contributed by atoms with Gasteiger partial charge in [0.1, 0.15) is 0 Å². The Kier molecular flexibility index (Phi) is 1.64. The zero-order valence-electron chi connectivity index (χ0n) is 5.08. The topological polar surface area (TPSA) is 69.1 Å². The average Bonchev–Trinajstić information content (AvgIpc) is 1.83. The summed E-state index contributed by atoms with van der Waals surface area (Å²) in [4.78, 5) is 10.7. The number of carbonyl (C=O) groups is 1. The van der Waals surface area contributed by atoms with Crippen LogP contribution in [-0.2, 0) is 4.79 Å². The Hall–Kier alpha value is -0.670. The van der Waals surface area contributed by atoms with Gasteiger partial charge in [-0.25, -0.2) is 0 Å². The zero-order valence-corrected chi connectivity index (χ0v) is 5.08. The molecular weight excluding hydrogens is 116 g/mol. The Labute approximate surface area is 53.7 Å². The van der Waals surface area contributed by atoms with Crippen LogP contribution in [0.15, 0.2) is 12.2 Å². The maximum atomic E-state index is 10.7. The Morgan fingerprint density at radius 3 is 2.67 bits per heavy atom. The molecule has 0 fully saturated rings. The first kappa shape index (κ1) is 6.45. The molecule has 0 aliphatic heterocycles. The third-order valence-electron chi connectivity index (χ3n) is 1.48. The van der Waals surface area contributed by atoms with Gasteiger partial charge in [0.05, 0.1) is 6.04 Å². The van der Waals surface area contributed by atoms with E-state index in [0.717, 1.165) is 0 Å². The van der Waals surface area contributed by atoms with Crippen molar-refractivity contribution in [3.63, 3.8) is 0 Å². The highest BCUT2D eigenvalue weighted by Crippen LogP contribution is 2.03. The molecule has 0 amide bonds. The van der Waals surface area contributed by atoms with Gasteiger partial charge < -0.3 is 11.5 Å². The zero-order chi connectivity index (χ0) is 6.85. The van der Waals surface area contributed by atoms with Gasteiger partial charge in [0, 0.05) is 6.04 Å². The van der Waals surface area contributed by atoms with E-state index < -0.39 is 6.04 Å². The third kappa shape index (κ3) is 1.17. The monoisotopic (exact) mass is 126 g/mol. The lowest BCUT2D eigenvalue weighted by atomic mass is 9.97. The summed E-state index contributed by atoms with van der Waals surface area (Å²) in [6.45, 7) is 0. The van der Waals surface area contributed by atoms with E-state index in [0.29, 0.717) is 6.42 Å². The van der Waals surface area contributed by atoms with Crippen LogP contribution in [-0.4, -0.2) is 17.9 Å². The van der Waals surface area contributed by atoms with Gasteiger partial charge in [0.15, 0.2) is 5.78 Å². The quantitative estimate of drug-likeness (QED) is 0.445. The summed E-state index contributed by atoms with van der Waals surface area (Å²) in [5, 5.41) is 0. The molecule has 4 N–H and O–H groups in total. The van der Waals surface area contributed by atoms with Crippen LogP contribution in [0.2, 0.25) is 0 Å². The van der Waals surface area contributed by atoms with Gasteiger partial charge in [-0.15, -0.1) is 0 Å². The fourth-order valence-corrected chi connectivity index (χ4v) is 0.810. The van der Waals surface area contributed by atoms with Crippen molar-refractivity contribution in [2.24, 2.45) is 11.5 Å². The van der Waals surface area contributed by atoms with E-state index in [1.807, 2.05) is 0 Å². The van der Waals surface area contributed by atoms with Crippen LogP contribution in [0.1, 0.15) is 6.42 Å². The first-order valence-corrected chi connectivity index (χ1v) is 2.93. The van der Waals surface area contributed by atoms with E-state index in [9.17, 15) is 4.79 Å². The number of nitrogens with two attached hydrogens (primary N) is 2. The minimum absolute atomic E-state index is 0.0613. The lowest BCUT2D eigenvalue weighted by molar-refractivity contribution is -0.116. The first-order valence-electron chi connectivity index (χ1n) is 2.93. The van der Waals surface area contributed by atoms with E-state index in [1.165, 1.54) is 6.08 Å². The van der Waals surface area contributed by atoms with E-state index in [-0.39, 0.29) is 11.8 Å². The predicted molar refractivity (Wildman–Crippen MR) is 34.7 cm³/mol. The Morgan fingerprint density at radius 2 is 2.22 bits per heavy atom. The standard InChI is InChI=1S/C6H10N2O/c7-4-2-1-3-5(9)6(4)8/h1,3-4,6H,2,7-8H2/t4-,6+/m0/s1. The second kappa shape index (κ2) is 2.29. The average molecular weight is 126 g/mol. The first-order chi connectivity index (χ1) is 4.22. The molecule has 50 valence electrons. The van der Waals surface area contributed by atoms with Crippen LogP contribution in [0.3, 0.4) is 0 Å². The molecule has 3 heteroatoms. The van der Waals surface area contributed by atoms with Crippen LogP contribution in [0.25, 0.3) is 0 Å². The van der Waals surface area contributed by atoms with Crippen molar-refractivity contribution in [3.8, 4) is 0 Å². The molecule has 1 aliphatic rings. The summed E-state index contributed by atoms with van der Waals surface area (Å²) in [6, 6.07) is -0.655. The van der Waals surface area contributed by atoms with Gasteiger partial charge >= 0.3 is 0 Å². The van der Waals surface area contributed by atoms with Crippen molar-refractivity contribution in [2.45, 2.75) is 18.5 Å². The summed E-state index contributed by atoms with van der Waals surface area (Å²) in [5.74, 6) is -0.0613. The van der Waals surface area contributed by atoms with E-state index in [1.54, 1.807) is 6.08 Å². The number of carbonyl (C=O) groups excluding carboxylic acids is 1. The Morgan fingerprint density at radius 1 is 1.56 bits per heavy atom. The highest BCUT2D eigenvalue weighted by atomic mass is 16.1. The minimum atomic E-state index is -0.477. The van der Waals surface area contributed by atoms with Gasteiger partial charge in [-0.1, -0.05) is 6.08 Å². The molecule has 2 atom stereocenters. The van der Waals surface area contributed by atoms with E-state index in [2.05, 4.69) is 0 Å². The number of hydrogen-bond donors (Lipinski definition) is 2. The normalized spacial score (nSPS) is 35.1. The molecule has 0 radical (unpaired) electrons. The van der Waals surface area contributed by atoms with Crippen molar-refractivity contribution in [1.29, 1.82) is 0 Å². The molecular formula is C6H10N2O. The van der Waals surface area contributed by atoms with E-state index >= 15 is 0 Å². The highest BCUT2D eigenvalue weighted by Gasteiger charge is 2.20. The summed E-state index contributed by atoms with van der Waals surface area (Å²) in [5.41, 5.74) is 10.9. The van der Waals surface area contributed by atoms with Gasteiger partial charge in [0.2, 0.25) is 0 Å². The Bertz CT molecular complexity index is 153. The lowest BCUT2D eigenvalue weighted by Crippen LogP contribution is -2.47. The van der Waals surface area contributed by atoms with Crippen LogP contribution in [0, 0.1) is 0 Å². The van der Waals surface area contributed by atoms with E-state index in [4.69, 9.17) is 11.5 Å². The minimum Gasteiger partial charge on any atom is -0.326 e. The molecule has 0 aromatic carbocycles. The molecule has 3 nitrogen and oxygen atoms in total. The summed E-state index contributed by atoms with van der Waals surface area (Å²) in [6.07, 6.45) is 3.97. The third-order valence-corrected chi connectivity index (χ3v) is 1.48. The number of ketones is 1. The smallest absolute Gasteiger partial charge is 0.173 e. The predicted octanol–water partition coefficient (Wildman–Crippen LogP) is -0.830. The highest BCUT2D eigenvalue weighted by molar-refractivity contribution is 5.95. The van der Waals surface area contributed by atoms with Gasteiger partial charge in [0.25, 0.3) is 0 Å². The molecule has 0 saturated heterocycles. The fraction of sp³-hybridized carbons (Fsp3) is 0.500. The molecule has 1 aliphatic carbocycles. The SMILES string of the molecule is N[C@H]1CC=CC(=O)[C@@H]1N. The summed E-state index contributed by atoms with van der Waals surface area (Å²) >= 11 is 0. The van der Waals surface area contributed by atoms with Crippen LogP contribution in [0.5, 0.6) is 0 Å². The molecule has 9 heavy (non-hydrogen) atoms. The second-order valence-corrected chi connectivity index (χ2v) is 2.23. The maximum Gasteiger partial charge on any atom is 0.173 e. The molecule has 0 heterocycles. The van der Waals surface area contributed by atoms with Crippen molar-refractivity contribution < 1.29 is 4.79 Å². The van der Waals surface area contributed by atoms with Crippen molar-refractivity contribution in [1.82, 2.24) is 0 Å². The molecule has 0 aromatic heterocycles. The van der Waals surface area contributed by atoms with Crippen LogP contribution in [0.4, 0.5) is 0 Å². The van der Waals surface area contributed by atoms with Crippen molar-refractivity contribution in [3.05, 3.63) is 12.2 Å². The lowest BCUT2D eigenvalue weighted by Gasteiger charge is -2.18. The van der Waals surface area contributed by atoms with Gasteiger partial charge in [-0.3, -0.25) is 4.79 Å². The maximum absolute atomic E-state index is 10.7. The largest absolute Gasteiger partial charge is 0.326 e. The van der Waals surface area contributed by atoms with Gasteiger partial charge in [-0.05, 0) is 12.5 Å². The van der Waals surface area contributed by atoms with Crippen molar-refractivity contribution in [2.75, 3.05) is 0 Å². The molecule has 1 rings (SSSR count). The number of hydrogen-bond acceptors (Lipinski definition) is 3.